The van der Waals surface area contributed by atoms with Crippen LogP contribution in [0.2, 0.25) is 0 Å². The summed E-state index contributed by atoms with van der Waals surface area (Å²) in [4.78, 5) is 35.7. The Morgan fingerprint density at radius 2 is 1.96 bits per heavy atom. The Kier molecular flexibility index (Phi) is 5.94. The highest BCUT2D eigenvalue weighted by atomic mass is 16.2. The normalized spacial score (nSPS) is 10.5. The van der Waals surface area contributed by atoms with Crippen molar-refractivity contribution in [3.63, 3.8) is 0 Å². The van der Waals surface area contributed by atoms with Crippen LogP contribution in [0.3, 0.4) is 0 Å². The Morgan fingerprint density at radius 3 is 2.58 bits per heavy atom. The standard InChI is InChI=1S/C15H21N7O2/c1-4-21(5-2)14(23)11-22-10-13(18-19-22)15(24)20(3)9-12-8-16-6-7-17-12/h6-8,10H,4-5,9,11H2,1-3H3. The van der Waals surface area contributed by atoms with E-state index in [-0.39, 0.29) is 24.1 Å². The van der Waals surface area contributed by atoms with Gasteiger partial charge in [-0.15, -0.1) is 5.10 Å². The fourth-order valence-corrected chi connectivity index (χ4v) is 2.21. The van der Waals surface area contributed by atoms with Gasteiger partial charge in [0.05, 0.1) is 24.6 Å². The van der Waals surface area contributed by atoms with E-state index in [1.54, 1.807) is 30.5 Å². The van der Waals surface area contributed by atoms with Crippen molar-refractivity contribution >= 4 is 11.8 Å². The number of hydrogen-bond acceptors (Lipinski definition) is 6. The van der Waals surface area contributed by atoms with Crippen LogP contribution in [0.15, 0.2) is 24.8 Å². The van der Waals surface area contributed by atoms with Crippen molar-refractivity contribution in [2.24, 2.45) is 0 Å². The van der Waals surface area contributed by atoms with Crippen LogP contribution in [0.5, 0.6) is 0 Å². The molecule has 0 saturated carbocycles. The van der Waals surface area contributed by atoms with Gasteiger partial charge < -0.3 is 9.80 Å². The van der Waals surface area contributed by atoms with Gasteiger partial charge in [0.25, 0.3) is 5.91 Å². The van der Waals surface area contributed by atoms with E-state index >= 15 is 0 Å². The minimum absolute atomic E-state index is 0.0585. The minimum atomic E-state index is -0.290. The number of likely N-dealkylation sites (N-methyl/N-ethyl adjacent to an activating group) is 1. The lowest BCUT2D eigenvalue weighted by Crippen LogP contribution is -2.33. The molecule has 9 heteroatoms. The van der Waals surface area contributed by atoms with Crippen LogP contribution in [0.1, 0.15) is 30.0 Å². The largest absolute Gasteiger partial charge is 0.342 e. The molecule has 0 radical (unpaired) electrons. The first kappa shape index (κ1) is 17.5. The third kappa shape index (κ3) is 4.34. The second kappa shape index (κ2) is 8.14. The Morgan fingerprint density at radius 1 is 1.21 bits per heavy atom. The van der Waals surface area contributed by atoms with E-state index in [0.717, 1.165) is 0 Å². The van der Waals surface area contributed by atoms with E-state index in [9.17, 15) is 9.59 Å². The predicted octanol–water partition coefficient (Wildman–Crippen LogP) is 0.209. The van der Waals surface area contributed by atoms with Gasteiger partial charge in [0, 0.05) is 32.5 Å². The Bertz CT molecular complexity index is 682. The van der Waals surface area contributed by atoms with Crippen molar-refractivity contribution in [3.05, 3.63) is 36.2 Å². The highest BCUT2D eigenvalue weighted by Crippen LogP contribution is 2.04. The van der Waals surface area contributed by atoms with Gasteiger partial charge in [0.2, 0.25) is 5.91 Å². The van der Waals surface area contributed by atoms with Crippen LogP contribution in [0, 0.1) is 0 Å². The van der Waals surface area contributed by atoms with Crippen molar-refractivity contribution < 1.29 is 9.59 Å². The lowest BCUT2D eigenvalue weighted by Gasteiger charge is -2.18. The molecule has 0 spiro atoms. The van der Waals surface area contributed by atoms with Gasteiger partial charge in [-0.1, -0.05) is 5.21 Å². The van der Waals surface area contributed by atoms with Gasteiger partial charge in [-0.05, 0) is 13.8 Å². The molecular formula is C15H21N7O2. The molecule has 0 aromatic carbocycles. The van der Waals surface area contributed by atoms with Crippen LogP contribution in [0.25, 0.3) is 0 Å². The molecule has 2 amide bonds. The number of carbonyl (C=O) groups excluding carboxylic acids is 2. The van der Waals surface area contributed by atoms with Crippen molar-refractivity contribution in [1.29, 1.82) is 0 Å². The van der Waals surface area contributed by atoms with E-state index in [0.29, 0.717) is 25.3 Å². The van der Waals surface area contributed by atoms with Gasteiger partial charge in [0.15, 0.2) is 5.69 Å². The van der Waals surface area contributed by atoms with Crippen LogP contribution < -0.4 is 0 Å². The first-order chi connectivity index (χ1) is 11.5. The number of amides is 2. The third-order valence-electron chi connectivity index (χ3n) is 3.53. The van der Waals surface area contributed by atoms with Crippen molar-refractivity contribution in [2.45, 2.75) is 26.9 Å². The third-order valence-corrected chi connectivity index (χ3v) is 3.53. The fourth-order valence-electron chi connectivity index (χ4n) is 2.21. The van der Waals surface area contributed by atoms with Gasteiger partial charge in [-0.2, -0.15) is 0 Å². The molecule has 9 nitrogen and oxygen atoms in total. The lowest BCUT2D eigenvalue weighted by atomic mass is 10.3. The van der Waals surface area contributed by atoms with Gasteiger partial charge in [-0.3, -0.25) is 19.6 Å². The summed E-state index contributed by atoms with van der Waals surface area (Å²) in [5.74, 6) is -0.348. The summed E-state index contributed by atoms with van der Waals surface area (Å²) in [7, 11) is 1.65. The van der Waals surface area contributed by atoms with E-state index in [2.05, 4.69) is 20.3 Å². The Labute approximate surface area is 140 Å². The molecule has 0 bridgehead atoms. The molecular weight excluding hydrogens is 310 g/mol. The second-order valence-corrected chi connectivity index (χ2v) is 5.23. The summed E-state index contributed by atoms with van der Waals surface area (Å²) >= 11 is 0. The van der Waals surface area contributed by atoms with Gasteiger partial charge in [0.1, 0.15) is 6.54 Å². The number of carbonyl (C=O) groups is 2. The van der Waals surface area contributed by atoms with Crippen molar-refractivity contribution in [1.82, 2.24) is 34.8 Å². The second-order valence-electron chi connectivity index (χ2n) is 5.23. The molecule has 0 unspecified atom stereocenters. The molecule has 0 aliphatic carbocycles. The summed E-state index contributed by atoms with van der Waals surface area (Å²) in [5.41, 5.74) is 0.867. The number of rotatable bonds is 7. The van der Waals surface area contributed by atoms with E-state index in [4.69, 9.17) is 0 Å². The maximum absolute atomic E-state index is 12.4. The summed E-state index contributed by atoms with van der Waals surface area (Å²) < 4.78 is 1.38. The molecule has 24 heavy (non-hydrogen) atoms. The first-order valence-corrected chi connectivity index (χ1v) is 7.73. The molecule has 0 fully saturated rings. The van der Waals surface area contributed by atoms with Crippen LogP contribution in [-0.2, 0) is 17.9 Å². The smallest absolute Gasteiger partial charge is 0.276 e. The van der Waals surface area contributed by atoms with E-state index in [1.807, 2.05) is 13.8 Å². The molecule has 2 aromatic rings. The molecule has 2 heterocycles. The summed E-state index contributed by atoms with van der Waals surface area (Å²) in [6, 6.07) is 0. The van der Waals surface area contributed by atoms with Crippen LogP contribution in [0.4, 0.5) is 0 Å². The summed E-state index contributed by atoms with van der Waals surface area (Å²) in [5, 5.41) is 7.72. The molecule has 2 rings (SSSR count). The number of nitrogens with zero attached hydrogens (tertiary/aromatic N) is 7. The maximum atomic E-state index is 12.4. The van der Waals surface area contributed by atoms with Crippen LogP contribution in [-0.4, -0.2) is 66.7 Å². The van der Waals surface area contributed by atoms with E-state index < -0.39 is 0 Å². The zero-order valence-corrected chi connectivity index (χ0v) is 14.1. The molecule has 128 valence electrons. The van der Waals surface area contributed by atoms with Crippen molar-refractivity contribution in [2.75, 3.05) is 20.1 Å². The topological polar surface area (TPSA) is 97.1 Å². The molecule has 0 atom stereocenters. The number of hydrogen-bond donors (Lipinski definition) is 0. The molecule has 0 N–H and O–H groups in total. The van der Waals surface area contributed by atoms with Crippen LogP contribution >= 0.6 is 0 Å². The fraction of sp³-hybridized carbons (Fsp3) is 0.467. The molecule has 0 aliphatic heterocycles. The summed E-state index contributed by atoms with van der Waals surface area (Å²) in [6.07, 6.45) is 6.23. The zero-order valence-electron chi connectivity index (χ0n) is 14.1. The Balaban J connectivity index is 1.99. The van der Waals surface area contributed by atoms with Gasteiger partial charge >= 0.3 is 0 Å². The summed E-state index contributed by atoms with van der Waals surface area (Å²) in [6.45, 7) is 5.49. The lowest BCUT2D eigenvalue weighted by molar-refractivity contribution is -0.131. The van der Waals surface area contributed by atoms with E-state index in [1.165, 1.54) is 15.8 Å². The highest BCUT2D eigenvalue weighted by molar-refractivity contribution is 5.91. The van der Waals surface area contributed by atoms with Crippen molar-refractivity contribution in [3.8, 4) is 0 Å². The number of aromatic nitrogens is 5. The maximum Gasteiger partial charge on any atom is 0.276 e. The monoisotopic (exact) mass is 331 g/mol. The molecule has 0 saturated heterocycles. The Hall–Kier alpha value is -2.84. The minimum Gasteiger partial charge on any atom is -0.342 e. The zero-order chi connectivity index (χ0) is 17.5. The average Bonchev–Trinajstić information content (AvgIpc) is 3.04. The van der Waals surface area contributed by atoms with Gasteiger partial charge in [-0.25, -0.2) is 4.68 Å². The predicted molar refractivity (Wildman–Crippen MR) is 85.8 cm³/mol. The first-order valence-electron chi connectivity index (χ1n) is 7.73. The quantitative estimate of drug-likeness (QED) is 0.719. The highest BCUT2D eigenvalue weighted by Gasteiger charge is 2.18. The average molecular weight is 331 g/mol. The molecule has 0 aliphatic rings. The SMILES string of the molecule is CCN(CC)C(=O)Cn1cc(C(=O)N(C)Cc2cnccn2)nn1. The molecule has 2 aromatic heterocycles.